The van der Waals surface area contributed by atoms with Crippen molar-refractivity contribution < 1.29 is 22.7 Å². The van der Waals surface area contributed by atoms with Gasteiger partial charge in [-0.05, 0) is 55.0 Å². The van der Waals surface area contributed by atoms with Crippen molar-refractivity contribution in [2.24, 2.45) is 0 Å². The van der Waals surface area contributed by atoms with Crippen LogP contribution in [0.1, 0.15) is 28.9 Å². The summed E-state index contributed by atoms with van der Waals surface area (Å²) in [6, 6.07) is 18.9. The van der Waals surface area contributed by atoms with E-state index < -0.39 is 28.5 Å². The molecule has 0 heterocycles. The summed E-state index contributed by atoms with van der Waals surface area (Å²) in [4.78, 5) is 24.8. The van der Waals surface area contributed by atoms with Crippen LogP contribution in [0.2, 0.25) is 10.0 Å². The second-order valence-corrected chi connectivity index (χ2v) is 10.4. The van der Waals surface area contributed by atoms with Crippen molar-refractivity contribution in [3.8, 4) is 0 Å². The molecule has 10 heteroatoms. The number of nitrogens with zero attached hydrogens (tertiary/aromatic N) is 1. The van der Waals surface area contributed by atoms with Crippen LogP contribution in [-0.4, -0.2) is 33.4 Å². The Kier molecular flexibility index (Phi) is 9.14. The fraction of sp³-hybridized carbons (Fsp3) is 0.154. The maximum absolute atomic E-state index is 13.4. The lowest BCUT2D eigenvalue weighted by atomic mass is 10.1. The molecule has 3 aromatic carbocycles. The number of benzene rings is 3. The number of anilines is 1. The highest BCUT2D eigenvalue weighted by Gasteiger charge is 2.26. The lowest BCUT2D eigenvalue weighted by Gasteiger charge is -2.23. The molecule has 3 rings (SSSR count). The highest BCUT2D eigenvalue weighted by Crippen LogP contribution is 2.28. The number of carbonyl (C=O) groups is 2. The van der Waals surface area contributed by atoms with Crippen LogP contribution in [0, 0.1) is 0 Å². The number of carbonyl (C=O) groups excluding carboxylic acids is 2. The van der Waals surface area contributed by atoms with Crippen LogP contribution in [0.4, 0.5) is 5.69 Å². The topological polar surface area (TPSA) is 92.8 Å². The van der Waals surface area contributed by atoms with Gasteiger partial charge in [-0.2, -0.15) is 0 Å². The molecule has 0 aliphatic carbocycles. The van der Waals surface area contributed by atoms with Crippen molar-refractivity contribution in [3.05, 3.63) is 107 Å². The standard InChI is InChI=1S/C26H24Cl2N2O5S/c1-3-15-30(21-11-9-20(27)10-12-21)36(33,34)22-13-14-24(28)23(16-22)26(32)35-17-25(31)29-18(2)19-7-5-4-6-8-19/h3-14,16,18H,1,15,17H2,2H3,(H,29,31)/t18-/m0/s1. The normalized spacial score (nSPS) is 11.9. The maximum atomic E-state index is 13.4. The molecule has 1 N–H and O–H groups in total. The SMILES string of the molecule is C=CCN(c1ccc(Cl)cc1)S(=O)(=O)c1ccc(Cl)c(C(=O)OCC(=O)N[C@@H](C)c2ccccc2)c1. The summed E-state index contributed by atoms with van der Waals surface area (Å²) in [7, 11) is -4.11. The van der Waals surface area contributed by atoms with Crippen molar-refractivity contribution in [2.45, 2.75) is 17.9 Å². The zero-order valence-electron chi connectivity index (χ0n) is 19.4. The minimum atomic E-state index is -4.11. The second-order valence-electron chi connectivity index (χ2n) is 7.72. The summed E-state index contributed by atoms with van der Waals surface area (Å²) in [5.74, 6) is -1.44. The van der Waals surface area contributed by atoms with Gasteiger partial charge in [-0.25, -0.2) is 13.2 Å². The first-order valence-corrected chi connectivity index (χ1v) is 13.0. The van der Waals surface area contributed by atoms with E-state index in [4.69, 9.17) is 27.9 Å². The van der Waals surface area contributed by atoms with E-state index in [1.807, 2.05) is 30.3 Å². The van der Waals surface area contributed by atoms with Crippen LogP contribution < -0.4 is 9.62 Å². The first-order chi connectivity index (χ1) is 17.1. The zero-order chi connectivity index (χ0) is 26.3. The van der Waals surface area contributed by atoms with Crippen LogP contribution >= 0.6 is 23.2 Å². The Labute approximate surface area is 220 Å². The predicted octanol–water partition coefficient (Wildman–Crippen LogP) is 5.41. The van der Waals surface area contributed by atoms with Gasteiger partial charge in [0.15, 0.2) is 6.61 Å². The fourth-order valence-corrected chi connectivity index (χ4v) is 5.12. The smallest absolute Gasteiger partial charge is 0.340 e. The number of ether oxygens (including phenoxy) is 1. The van der Waals surface area contributed by atoms with Gasteiger partial charge in [0.2, 0.25) is 0 Å². The Morgan fingerprint density at radius 2 is 1.72 bits per heavy atom. The van der Waals surface area contributed by atoms with Gasteiger partial charge in [0, 0.05) is 5.02 Å². The molecule has 1 atom stereocenters. The van der Waals surface area contributed by atoms with Crippen LogP contribution in [-0.2, 0) is 19.6 Å². The predicted molar refractivity (Wildman–Crippen MR) is 141 cm³/mol. The summed E-state index contributed by atoms with van der Waals surface area (Å²) in [6.07, 6.45) is 1.44. The van der Waals surface area contributed by atoms with Gasteiger partial charge in [-0.1, -0.05) is 59.6 Å². The molecule has 0 saturated carbocycles. The third-order valence-electron chi connectivity index (χ3n) is 5.17. The highest BCUT2D eigenvalue weighted by atomic mass is 35.5. The molecule has 0 aliphatic rings. The number of hydrogen-bond donors (Lipinski definition) is 1. The largest absolute Gasteiger partial charge is 0.452 e. The van der Waals surface area contributed by atoms with Crippen LogP contribution in [0.5, 0.6) is 0 Å². The molecule has 0 fully saturated rings. The summed E-state index contributed by atoms with van der Waals surface area (Å²) < 4.78 is 33.0. The first-order valence-electron chi connectivity index (χ1n) is 10.8. The average Bonchev–Trinajstić information content (AvgIpc) is 2.87. The van der Waals surface area contributed by atoms with Gasteiger partial charge in [-0.15, -0.1) is 6.58 Å². The third-order valence-corrected chi connectivity index (χ3v) is 7.54. The van der Waals surface area contributed by atoms with Gasteiger partial charge in [0.05, 0.1) is 33.8 Å². The molecule has 188 valence electrons. The number of amides is 1. The fourth-order valence-electron chi connectivity index (χ4n) is 3.33. The first kappa shape index (κ1) is 27.3. The maximum Gasteiger partial charge on any atom is 0.340 e. The van der Waals surface area contributed by atoms with E-state index in [1.165, 1.54) is 18.2 Å². The van der Waals surface area contributed by atoms with E-state index in [-0.39, 0.29) is 28.1 Å². The number of esters is 1. The monoisotopic (exact) mass is 546 g/mol. The van der Waals surface area contributed by atoms with Crippen molar-refractivity contribution >= 4 is 50.8 Å². The van der Waals surface area contributed by atoms with Crippen LogP contribution in [0.25, 0.3) is 0 Å². The van der Waals surface area contributed by atoms with E-state index >= 15 is 0 Å². The van der Waals surface area contributed by atoms with Crippen molar-refractivity contribution in [3.63, 3.8) is 0 Å². The molecule has 3 aromatic rings. The van der Waals surface area contributed by atoms with Crippen molar-refractivity contribution in [1.29, 1.82) is 0 Å². The Morgan fingerprint density at radius 3 is 2.36 bits per heavy atom. The molecule has 0 saturated heterocycles. The Bertz CT molecular complexity index is 1350. The van der Waals surface area contributed by atoms with Crippen LogP contribution in [0.15, 0.2) is 90.3 Å². The number of halogens is 2. The molecule has 0 radical (unpaired) electrons. The van der Waals surface area contributed by atoms with Gasteiger partial charge < -0.3 is 10.1 Å². The van der Waals surface area contributed by atoms with Crippen LogP contribution in [0.3, 0.4) is 0 Å². The Balaban J connectivity index is 1.76. The summed E-state index contributed by atoms with van der Waals surface area (Å²) in [6.45, 7) is 4.85. The van der Waals surface area contributed by atoms with E-state index in [0.29, 0.717) is 10.7 Å². The van der Waals surface area contributed by atoms with Gasteiger partial charge >= 0.3 is 5.97 Å². The van der Waals surface area contributed by atoms with E-state index in [1.54, 1.807) is 31.2 Å². The number of sulfonamides is 1. The molecule has 0 unspecified atom stereocenters. The molecular weight excluding hydrogens is 523 g/mol. The number of hydrogen-bond acceptors (Lipinski definition) is 5. The highest BCUT2D eigenvalue weighted by molar-refractivity contribution is 7.92. The van der Waals surface area contributed by atoms with E-state index in [9.17, 15) is 18.0 Å². The second kappa shape index (κ2) is 12.1. The average molecular weight is 547 g/mol. The molecule has 1 amide bonds. The van der Waals surface area contributed by atoms with Crippen molar-refractivity contribution in [1.82, 2.24) is 5.32 Å². The molecule has 7 nitrogen and oxygen atoms in total. The summed E-state index contributed by atoms with van der Waals surface area (Å²) in [5.41, 5.74) is 1.07. The molecule has 36 heavy (non-hydrogen) atoms. The lowest BCUT2D eigenvalue weighted by Crippen LogP contribution is -2.32. The molecular formula is C26H24Cl2N2O5S. The molecule has 0 spiro atoms. The molecule has 0 aliphatic heterocycles. The quantitative estimate of drug-likeness (QED) is 0.271. The third kappa shape index (κ3) is 6.66. The van der Waals surface area contributed by atoms with Crippen molar-refractivity contribution in [2.75, 3.05) is 17.5 Å². The van der Waals surface area contributed by atoms with Gasteiger partial charge in [-0.3, -0.25) is 9.10 Å². The minimum absolute atomic E-state index is 0.0150. The van der Waals surface area contributed by atoms with E-state index in [0.717, 1.165) is 15.9 Å². The Morgan fingerprint density at radius 1 is 1.06 bits per heavy atom. The minimum Gasteiger partial charge on any atom is -0.452 e. The molecule has 0 bridgehead atoms. The lowest BCUT2D eigenvalue weighted by molar-refractivity contribution is -0.124. The van der Waals surface area contributed by atoms with Gasteiger partial charge in [0.25, 0.3) is 15.9 Å². The summed E-state index contributed by atoms with van der Waals surface area (Å²) in [5, 5.41) is 3.17. The Hall–Kier alpha value is -3.33. The molecule has 0 aromatic heterocycles. The number of rotatable bonds is 10. The number of nitrogens with one attached hydrogen (secondary N) is 1. The zero-order valence-corrected chi connectivity index (χ0v) is 21.7. The van der Waals surface area contributed by atoms with Gasteiger partial charge in [0.1, 0.15) is 0 Å². The van der Waals surface area contributed by atoms with E-state index in [2.05, 4.69) is 11.9 Å². The summed E-state index contributed by atoms with van der Waals surface area (Å²) >= 11 is 12.1.